The van der Waals surface area contributed by atoms with E-state index in [0.29, 0.717) is 0 Å². The molecular weight excluding hydrogens is 372 g/mol. The van der Waals surface area contributed by atoms with E-state index in [-0.39, 0.29) is 0 Å². The first kappa shape index (κ1) is 22.4. The summed E-state index contributed by atoms with van der Waals surface area (Å²) in [6.07, 6.45) is -14.4. The van der Waals surface area contributed by atoms with E-state index in [1.54, 1.807) is 0 Å². The summed E-state index contributed by atoms with van der Waals surface area (Å²) in [6, 6.07) is 0. The van der Waals surface area contributed by atoms with Crippen molar-refractivity contribution < 1.29 is 59.1 Å². The minimum atomic E-state index is -1.73. The highest BCUT2D eigenvalue weighted by Gasteiger charge is 2.52. The van der Waals surface area contributed by atoms with Crippen molar-refractivity contribution >= 4 is 5.97 Å². The van der Waals surface area contributed by atoms with Crippen LogP contribution in [0.4, 0.5) is 0 Å². The van der Waals surface area contributed by atoms with Crippen molar-refractivity contribution in [2.24, 2.45) is 0 Å². The van der Waals surface area contributed by atoms with Crippen LogP contribution in [-0.4, -0.2) is 118 Å². The summed E-state index contributed by atoms with van der Waals surface area (Å²) < 4.78 is 26.3. The number of carbonyl (C=O) groups is 1. The van der Waals surface area contributed by atoms with Crippen LogP contribution in [0.2, 0.25) is 0 Å². The molecular formula is C15H26O12. The quantitative estimate of drug-likeness (QED) is 0.238. The van der Waals surface area contributed by atoms with E-state index in [9.17, 15) is 35.4 Å². The van der Waals surface area contributed by atoms with Crippen LogP contribution in [0.1, 0.15) is 6.92 Å². The third-order valence-corrected chi connectivity index (χ3v) is 4.47. The molecule has 0 amide bonds. The molecule has 0 spiro atoms. The molecule has 6 N–H and O–H groups in total. The van der Waals surface area contributed by atoms with Crippen molar-refractivity contribution in [2.75, 3.05) is 20.3 Å². The van der Waals surface area contributed by atoms with Crippen molar-refractivity contribution in [3.05, 3.63) is 0 Å². The topological polar surface area (TPSA) is 185 Å². The summed E-state index contributed by atoms with van der Waals surface area (Å²) in [5.74, 6) is -0.734. The Bertz CT molecular complexity index is 487. The molecule has 2 rings (SSSR count). The van der Waals surface area contributed by atoms with Gasteiger partial charge in [-0.1, -0.05) is 0 Å². The average Bonchev–Trinajstić information content (AvgIpc) is 2.64. The van der Waals surface area contributed by atoms with E-state index in [1.807, 2.05) is 0 Å². The Morgan fingerprint density at radius 1 is 0.852 bits per heavy atom. The van der Waals surface area contributed by atoms with Crippen LogP contribution in [0, 0.1) is 0 Å². The Balaban J connectivity index is 2.25. The Morgan fingerprint density at radius 3 is 1.93 bits per heavy atom. The average molecular weight is 398 g/mol. The lowest BCUT2D eigenvalue weighted by molar-refractivity contribution is -0.358. The van der Waals surface area contributed by atoms with Crippen LogP contribution in [0.3, 0.4) is 0 Å². The summed E-state index contributed by atoms with van der Waals surface area (Å²) in [5, 5.41) is 58.9. The van der Waals surface area contributed by atoms with Gasteiger partial charge in [-0.05, 0) is 0 Å². The highest BCUT2D eigenvalue weighted by atomic mass is 16.7. The normalized spacial score (nSPS) is 45.5. The summed E-state index contributed by atoms with van der Waals surface area (Å²) in [6.45, 7) is -0.168. The number of carbonyl (C=O) groups excluding carboxylic acids is 1. The van der Waals surface area contributed by atoms with Crippen molar-refractivity contribution in [1.82, 2.24) is 0 Å². The van der Waals surface area contributed by atoms with Crippen molar-refractivity contribution in [1.29, 1.82) is 0 Å². The lowest BCUT2D eigenvalue weighted by atomic mass is 9.97. The summed E-state index contributed by atoms with van der Waals surface area (Å²) in [5.41, 5.74) is 0. The van der Waals surface area contributed by atoms with Gasteiger partial charge in [0.05, 0.1) is 13.2 Å². The fourth-order valence-corrected chi connectivity index (χ4v) is 3.04. The molecule has 2 aliphatic rings. The van der Waals surface area contributed by atoms with Gasteiger partial charge in [-0.15, -0.1) is 0 Å². The van der Waals surface area contributed by atoms with Crippen LogP contribution in [-0.2, 0) is 28.5 Å². The summed E-state index contributed by atoms with van der Waals surface area (Å²) >= 11 is 0. The first-order valence-electron chi connectivity index (χ1n) is 8.35. The molecule has 0 aromatic rings. The first-order chi connectivity index (χ1) is 12.7. The second-order valence-electron chi connectivity index (χ2n) is 6.32. The molecule has 0 aromatic heterocycles. The molecule has 27 heavy (non-hydrogen) atoms. The third kappa shape index (κ3) is 4.74. The molecule has 12 heteroatoms. The lowest BCUT2D eigenvalue weighted by Crippen LogP contribution is -2.65. The van der Waals surface area contributed by atoms with Crippen LogP contribution in [0.15, 0.2) is 0 Å². The molecule has 0 radical (unpaired) electrons. The third-order valence-electron chi connectivity index (χ3n) is 4.47. The van der Waals surface area contributed by atoms with E-state index >= 15 is 0 Å². The number of aliphatic hydroxyl groups is 6. The second-order valence-corrected chi connectivity index (χ2v) is 6.32. The fraction of sp³-hybridized carbons (Fsp3) is 0.933. The van der Waals surface area contributed by atoms with E-state index in [4.69, 9.17) is 23.7 Å². The molecule has 2 aliphatic heterocycles. The molecule has 10 atom stereocenters. The molecule has 2 saturated heterocycles. The molecule has 2 fully saturated rings. The summed E-state index contributed by atoms with van der Waals surface area (Å²) in [4.78, 5) is 11.4. The molecule has 0 unspecified atom stereocenters. The van der Waals surface area contributed by atoms with E-state index < -0.39 is 80.6 Å². The van der Waals surface area contributed by atoms with E-state index in [0.717, 1.165) is 6.92 Å². The van der Waals surface area contributed by atoms with Crippen LogP contribution in [0.25, 0.3) is 0 Å². The van der Waals surface area contributed by atoms with E-state index in [2.05, 4.69) is 0 Å². The number of esters is 1. The lowest BCUT2D eigenvalue weighted by Gasteiger charge is -2.46. The zero-order valence-corrected chi connectivity index (χ0v) is 14.8. The molecule has 0 saturated carbocycles. The van der Waals surface area contributed by atoms with Crippen molar-refractivity contribution in [2.45, 2.75) is 68.3 Å². The second kappa shape index (κ2) is 9.52. The number of hydrogen-bond acceptors (Lipinski definition) is 12. The number of rotatable bonds is 6. The van der Waals surface area contributed by atoms with Gasteiger partial charge in [-0.2, -0.15) is 0 Å². The predicted octanol–water partition coefficient (Wildman–Crippen LogP) is -4.17. The van der Waals surface area contributed by atoms with Crippen molar-refractivity contribution in [3.63, 3.8) is 0 Å². The van der Waals surface area contributed by atoms with Gasteiger partial charge >= 0.3 is 5.97 Å². The molecule has 0 aromatic carbocycles. The maximum absolute atomic E-state index is 11.4. The van der Waals surface area contributed by atoms with Gasteiger partial charge < -0.3 is 54.3 Å². The smallest absolute Gasteiger partial charge is 0.303 e. The number of methoxy groups -OCH3 is 1. The SMILES string of the molecule is CO[C@@H]1O[C@H](CO)[C@@H](O)[C@H](O[C@H]2O[C@H](CO)[C@@H](O)[C@H](O)[C@@H]2O)[C@@H]1OC(C)=O. The van der Waals surface area contributed by atoms with Crippen LogP contribution >= 0.6 is 0 Å². The Labute approximate surface area is 154 Å². The van der Waals surface area contributed by atoms with Gasteiger partial charge in [-0.25, -0.2) is 0 Å². The van der Waals surface area contributed by atoms with Crippen molar-refractivity contribution in [3.8, 4) is 0 Å². The van der Waals surface area contributed by atoms with Gasteiger partial charge in [-0.3, -0.25) is 4.79 Å². The van der Waals surface area contributed by atoms with Gasteiger partial charge in [0.15, 0.2) is 18.7 Å². The van der Waals surface area contributed by atoms with Gasteiger partial charge in [0.2, 0.25) is 0 Å². The maximum Gasteiger partial charge on any atom is 0.303 e. The molecule has 2 heterocycles. The van der Waals surface area contributed by atoms with Crippen LogP contribution in [0.5, 0.6) is 0 Å². The van der Waals surface area contributed by atoms with Gasteiger partial charge in [0.25, 0.3) is 0 Å². The van der Waals surface area contributed by atoms with Gasteiger partial charge in [0, 0.05) is 14.0 Å². The Morgan fingerprint density at radius 2 is 1.41 bits per heavy atom. The highest BCUT2D eigenvalue weighted by Crippen LogP contribution is 2.30. The highest BCUT2D eigenvalue weighted by molar-refractivity contribution is 5.66. The minimum absolute atomic E-state index is 0.609. The zero-order chi connectivity index (χ0) is 20.3. The molecule has 0 aliphatic carbocycles. The molecule has 12 nitrogen and oxygen atoms in total. The largest absolute Gasteiger partial charge is 0.454 e. The first-order valence-corrected chi connectivity index (χ1v) is 8.35. The Kier molecular flexibility index (Phi) is 7.88. The summed E-state index contributed by atoms with van der Waals surface area (Å²) in [7, 11) is 1.25. The fourth-order valence-electron chi connectivity index (χ4n) is 3.04. The Hall–Kier alpha value is -0.930. The van der Waals surface area contributed by atoms with Gasteiger partial charge in [0.1, 0.15) is 42.7 Å². The number of hydrogen-bond donors (Lipinski definition) is 6. The maximum atomic E-state index is 11.4. The number of aliphatic hydroxyl groups excluding tert-OH is 6. The van der Waals surface area contributed by atoms with E-state index in [1.165, 1.54) is 7.11 Å². The molecule has 0 bridgehead atoms. The molecule has 158 valence electrons. The zero-order valence-electron chi connectivity index (χ0n) is 14.8. The monoisotopic (exact) mass is 398 g/mol. The van der Waals surface area contributed by atoms with Crippen LogP contribution < -0.4 is 0 Å². The number of ether oxygens (including phenoxy) is 5. The standard InChI is InChI=1S/C15H26O12/c1-5(18)24-13-12(9(20)7(4-17)26-15(13)23-2)27-14-11(22)10(21)8(19)6(3-16)25-14/h6-17,19-22H,3-4H2,1-2H3/t6-,7-,8-,9-,10+,11+,12+,13+,14-,15-/m1/s1. The predicted molar refractivity (Wildman–Crippen MR) is 83.0 cm³/mol. The minimum Gasteiger partial charge on any atom is -0.454 e.